The monoisotopic (exact) mass is 155 g/mol. The number of carbonyl (C=O) groups excluding carboxylic acids is 1. The van der Waals surface area contributed by atoms with Crippen LogP contribution in [-0.2, 0) is 4.79 Å². The zero-order chi connectivity index (χ0) is 8.69. The fourth-order valence-corrected chi connectivity index (χ4v) is 0.780. The second kappa shape index (κ2) is 6.10. The molecule has 0 aromatic carbocycles. The number of carbonyl (C=O) groups is 1. The SMILES string of the molecule is C=C(C)CCCNCC(C)=O. The van der Waals surface area contributed by atoms with Crippen LogP contribution in [0.15, 0.2) is 12.2 Å². The van der Waals surface area contributed by atoms with Gasteiger partial charge in [-0.3, -0.25) is 4.79 Å². The average molecular weight is 155 g/mol. The van der Waals surface area contributed by atoms with Crippen LogP contribution in [0.1, 0.15) is 26.7 Å². The number of ketones is 1. The van der Waals surface area contributed by atoms with Crippen LogP contribution in [0.25, 0.3) is 0 Å². The van der Waals surface area contributed by atoms with E-state index in [4.69, 9.17) is 0 Å². The first-order chi connectivity index (χ1) is 5.13. The Kier molecular flexibility index (Phi) is 5.75. The van der Waals surface area contributed by atoms with E-state index in [9.17, 15) is 4.79 Å². The minimum absolute atomic E-state index is 0.195. The van der Waals surface area contributed by atoms with Crippen LogP contribution in [0.2, 0.25) is 0 Å². The van der Waals surface area contributed by atoms with Gasteiger partial charge in [-0.1, -0.05) is 5.57 Å². The Morgan fingerprint density at radius 3 is 2.55 bits per heavy atom. The maximum absolute atomic E-state index is 10.5. The number of Topliss-reactive ketones (excluding diaryl/α,β-unsaturated/α-hetero) is 1. The predicted molar refractivity (Wildman–Crippen MR) is 47.6 cm³/mol. The predicted octanol–water partition coefficient (Wildman–Crippen LogP) is 1.52. The first-order valence-electron chi connectivity index (χ1n) is 3.97. The van der Waals surface area contributed by atoms with Gasteiger partial charge in [-0.15, -0.1) is 6.58 Å². The zero-order valence-corrected chi connectivity index (χ0v) is 7.44. The summed E-state index contributed by atoms with van der Waals surface area (Å²) in [6.07, 6.45) is 2.12. The molecule has 0 aliphatic rings. The molecular weight excluding hydrogens is 138 g/mol. The summed E-state index contributed by atoms with van der Waals surface area (Å²) in [4.78, 5) is 10.5. The molecule has 0 atom stereocenters. The standard InChI is InChI=1S/C9H17NO/c1-8(2)5-4-6-10-7-9(3)11/h10H,1,4-7H2,2-3H3. The molecule has 1 N–H and O–H groups in total. The lowest BCUT2D eigenvalue weighted by atomic mass is 10.2. The highest BCUT2D eigenvalue weighted by Gasteiger charge is 1.91. The van der Waals surface area contributed by atoms with Crippen molar-refractivity contribution in [1.29, 1.82) is 0 Å². The summed E-state index contributed by atoms with van der Waals surface area (Å²) in [6.45, 7) is 8.81. The molecule has 0 saturated heterocycles. The summed E-state index contributed by atoms with van der Waals surface area (Å²) >= 11 is 0. The molecule has 11 heavy (non-hydrogen) atoms. The van der Waals surface area contributed by atoms with Gasteiger partial charge < -0.3 is 5.32 Å². The van der Waals surface area contributed by atoms with Crippen molar-refractivity contribution in [3.05, 3.63) is 12.2 Å². The number of rotatable bonds is 6. The van der Waals surface area contributed by atoms with Gasteiger partial charge in [0, 0.05) is 0 Å². The fourth-order valence-electron chi connectivity index (χ4n) is 0.780. The van der Waals surface area contributed by atoms with Crippen molar-refractivity contribution in [1.82, 2.24) is 5.32 Å². The third-order valence-corrected chi connectivity index (χ3v) is 1.33. The molecule has 0 aromatic rings. The van der Waals surface area contributed by atoms with Gasteiger partial charge >= 0.3 is 0 Å². The molecule has 64 valence electrons. The Morgan fingerprint density at radius 1 is 1.45 bits per heavy atom. The zero-order valence-electron chi connectivity index (χ0n) is 7.44. The number of nitrogens with one attached hydrogen (secondary N) is 1. The van der Waals surface area contributed by atoms with Crippen LogP contribution in [0.5, 0.6) is 0 Å². The van der Waals surface area contributed by atoms with E-state index in [-0.39, 0.29) is 5.78 Å². The van der Waals surface area contributed by atoms with E-state index in [0.717, 1.165) is 19.4 Å². The molecule has 2 nitrogen and oxygen atoms in total. The summed E-state index contributed by atoms with van der Waals surface area (Å²) < 4.78 is 0. The topological polar surface area (TPSA) is 29.1 Å². The van der Waals surface area contributed by atoms with E-state index in [0.29, 0.717) is 6.54 Å². The van der Waals surface area contributed by atoms with Crippen LogP contribution in [0, 0.1) is 0 Å². The van der Waals surface area contributed by atoms with E-state index in [1.54, 1.807) is 6.92 Å². The Hall–Kier alpha value is -0.630. The Labute approximate surface area is 68.7 Å². The smallest absolute Gasteiger partial charge is 0.143 e. The van der Waals surface area contributed by atoms with Gasteiger partial charge in [0.05, 0.1) is 6.54 Å². The molecule has 0 aliphatic carbocycles. The first-order valence-corrected chi connectivity index (χ1v) is 3.97. The van der Waals surface area contributed by atoms with Gasteiger partial charge in [0.2, 0.25) is 0 Å². The summed E-state index contributed by atoms with van der Waals surface area (Å²) in [7, 11) is 0. The average Bonchev–Trinajstić information content (AvgIpc) is 1.85. The molecule has 0 fully saturated rings. The van der Waals surface area contributed by atoms with Crippen LogP contribution in [-0.4, -0.2) is 18.9 Å². The highest BCUT2D eigenvalue weighted by molar-refractivity contribution is 5.77. The lowest BCUT2D eigenvalue weighted by molar-refractivity contribution is -0.116. The van der Waals surface area contributed by atoms with Crippen molar-refractivity contribution < 1.29 is 4.79 Å². The molecule has 0 unspecified atom stereocenters. The molecule has 0 saturated carbocycles. The minimum Gasteiger partial charge on any atom is -0.310 e. The van der Waals surface area contributed by atoms with Crippen molar-refractivity contribution >= 4 is 5.78 Å². The third kappa shape index (κ3) is 9.37. The lowest BCUT2D eigenvalue weighted by Crippen LogP contribution is -2.21. The van der Waals surface area contributed by atoms with Gasteiger partial charge in [0.15, 0.2) is 0 Å². The first kappa shape index (κ1) is 10.4. The lowest BCUT2D eigenvalue weighted by Gasteiger charge is -2.00. The molecule has 2 heteroatoms. The molecular formula is C9H17NO. The highest BCUT2D eigenvalue weighted by atomic mass is 16.1. The molecule has 0 rings (SSSR count). The van der Waals surface area contributed by atoms with Gasteiger partial charge in [0.25, 0.3) is 0 Å². The largest absolute Gasteiger partial charge is 0.310 e. The fraction of sp³-hybridized carbons (Fsp3) is 0.667. The van der Waals surface area contributed by atoms with Crippen LogP contribution in [0.4, 0.5) is 0 Å². The third-order valence-electron chi connectivity index (χ3n) is 1.33. The van der Waals surface area contributed by atoms with E-state index in [1.807, 2.05) is 6.92 Å². The molecule has 0 aromatic heterocycles. The molecule has 0 radical (unpaired) electrons. The molecule has 0 heterocycles. The molecule has 0 bridgehead atoms. The van der Waals surface area contributed by atoms with Crippen molar-refractivity contribution in [3.63, 3.8) is 0 Å². The van der Waals surface area contributed by atoms with Crippen molar-refractivity contribution in [3.8, 4) is 0 Å². The van der Waals surface area contributed by atoms with Gasteiger partial charge in [0.1, 0.15) is 5.78 Å². The van der Waals surface area contributed by atoms with E-state index >= 15 is 0 Å². The van der Waals surface area contributed by atoms with Crippen LogP contribution in [0.3, 0.4) is 0 Å². The van der Waals surface area contributed by atoms with Gasteiger partial charge in [-0.2, -0.15) is 0 Å². The summed E-state index contributed by atoms with van der Waals surface area (Å²) in [5, 5.41) is 3.05. The summed E-state index contributed by atoms with van der Waals surface area (Å²) in [6, 6.07) is 0. The maximum Gasteiger partial charge on any atom is 0.143 e. The second-order valence-electron chi connectivity index (χ2n) is 2.94. The quantitative estimate of drug-likeness (QED) is 0.465. The Balaban J connectivity index is 3.03. The molecule has 0 amide bonds. The summed E-state index contributed by atoms with van der Waals surface area (Å²) in [5.74, 6) is 0.195. The summed E-state index contributed by atoms with van der Waals surface area (Å²) in [5.41, 5.74) is 1.20. The molecule has 0 spiro atoms. The van der Waals surface area contributed by atoms with E-state index in [2.05, 4.69) is 11.9 Å². The van der Waals surface area contributed by atoms with Gasteiger partial charge in [-0.05, 0) is 33.2 Å². The van der Waals surface area contributed by atoms with E-state index < -0.39 is 0 Å². The normalized spacial score (nSPS) is 9.64. The Morgan fingerprint density at radius 2 is 2.09 bits per heavy atom. The number of hydrogen-bond acceptors (Lipinski definition) is 2. The maximum atomic E-state index is 10.5. The van der Waals surface area contributed by atoms with Crippen molar-refractivity contribution in [2.24, 2.45) is 0 Å². The number of hydrogen-bond donors (Lipinski definition) is 1. The van der Waals surface area contributed by atoms with Crippen LogP contribution < -0.4 is 5.32 Å². The Bertz CT molecular complexity index is 124. The second-order valence-corrected chi connectivity index (χ2v) is 2.94. The van der Waals surface area contributed by atoms with E-state index in [1.165, 1.54) is 5.57 Å². The van der Waals surface area contributed by atoms with Crippen molar-refractivity contribution in [2.45, 2.75) is 26.7 Å². The van der Waals surface area contributed by atoms with Gasteiger partial charge in [-0.25, -0.2) is 0 Å². The van der Waals surface area contributed by atoms with Crippen molar-refractivity contribution in [2.75, 3.05) is 13.1 Å². The minimum atomic E-state index is 0.195. The molecule has 0 aliphatic heterocycles. The van der Waals surface area contributed by atoms with Crippen LogP contribution >= 0.6 is 0 Å². The number of allylic oxidation sites excluding steroid dienone is 1. The highest BCUT2D eigenvalue weighted by Crippen LogP contribution is 1.97.